The van der Waals surface area contributed by atoms with Crippen molar-refractivity contribution < 1.29 is 14.3 Å². The van der Waals surface area contributed by atoms with Crippen molar-refractivity contribution in [3.05, 3.63) is 47.3 Å². The van der Waals surface area contributed by atoms with E-state index in [9.17, 15) is 14.9 Å². The molecule has 0 aliphatic carbocycles. The third kappa shape index (κ3) is 3.13. The number of benzene rings is 1. The zero-order valence-electron chi connectivity index (χ0n) is 14.3. The number of nitrogen functional groups attached to an aromatic ring is 1. The molecule has 2 heterocycles. The highest BCUT2D eigenvalue weighted by Gasteiger charge is 2.26. The lowest BCUT2D eigenvalue weighted by Crippen LogP contribution is -2.38. The number of methoxy groups -OCH3 is 1. The summed E-state index contributed by atoms with van der Waals surface area (Å²) in [6.07, 6.45) is 1.46. The summed E-state index contributed by atoms with van der Waals surface area (Å²) >= 11 is 1.82. The summed E-state index contributed by atoms with van der Waals surface area (Å²) in [5.74, 6) is 1.02. The van der Waals surface area contributed by atoms with E-state index >= 15 is 0 Å². The summed E-state index contributed by atoms with van der Waals surface area (Å²) in [6.45, 7) is 1.36. The molecule has 0 spiro atoms. The molecule has 7 nitrogen and oxygen atoms in total. The number of rotatable bonds is 3. The molecule has 1 fully saturated rings. The normalized spacial score (nSPS) is 13.9. The zero-order chi connectivity index (χ0) is 18.7. The van der Waals surface area contributed by atoms with Crippen LogP contribution in [0.4, 0.5) is 5.69 Å². The van der Waals surface area contributed by atoms with Crippen LogP contribution in [0.25, 0.3) is 5.69 Å². The van der Waals surface area contributed by atoms with Crippen molar-refractivity contribution in [3.63, 3.8) is 0 Å². The number of esters is 1. The van der Waals surface area contributed by atoms with Crippen molar-refractivity contribution in [1.82, 2.24) is 9.47 Å². The number of thioether (sulfide) groups is 1. The van der Waals surface area contributed by atoms with Crippen LogP contribution in [0.1, 0.15) is 26.4 Å². The third-order valence-corrected chi connectivity index (χ3v) is 5.18. The first-order valence-corrected chi connectivity index (χ1v) is 9.19. The molecule has 1 aromatic carbocycles. The fraction of sp³-hybridized carbons (Fsp3) is 0.278. The van der Waals surface area contributed by atoms with Crippen LogP contribution in [0.15, 0.2) is 30.5 Å². The molecule has 2 N–H and O–H groups in total. The smallest absolute Gasteiger partial charge is 0.357 e. The average Bonchev–Trinajstić information content (AvgIpc) is 3.03. The van der Waals surface area contributed by atoms with E-state index in [4.69, 9.17) is 10.5 Å². The van der Waals surface area contributed by atoms with Gasteiger partial charge in [0.1, 0.15) is 6.07 Å². The van der Waals surface area contributed by atoms with E-state index in [2.05, 4.69) is 0 Å². The molecule has 0 bridgehead atoms. The van der Waals surface area contributed by atoms with Gasteiger partial charge >= 0.3 is 5.97 Å². The van der Waals surface area contributed by atoms with Crippen LogP contribution in [-0.2, 0) is 4.74 Å². The van der Waals surface area contributed by atoms with E-state index in [0.717, 1.165) is 11.5 Å². The first kappa shape index (κ1) is 17.9. The highest BCUT2D eigenvalue weighted by molar-refractivity contribution is 7.99. The summed E-state index contributed by atoms with van der Waals surface area (Å²) in [4.78, 5) is 27.0. The number of aromatic nitrogens is 1. The second-order valence-electron chi connectivity index (χ2n) is 5.70. The molecule has 0 radical (unpaired) electrons. The van der Waals surface area contributed by atoms with Crippen molar-refractivity contribution in [1.29, 1.82) is 5.26 Å². The third-order valence-electron chi connectivity index (χ3n) is 4.24. The van der Waals surface area contributed by atoms with Gasteiger partial charge in [0.25, 0.3) is 5.91 Å². The number of carbonyl (C=O) groups excluding carboxylic acids is 2. The van der Waals surface area contributed by atoms with E-state index in [1.165, 1.54) is 17.9 Å². The van der Waals surface area contributed by atoms with Gasteiger partial charge < -0.3 is 19.9 Å². The van der Waals surface area contributed by atoms with Gasteiger partial charge in [0.2, 0.25) is 0 Å². The molecule has 8 heteroatoms. The van der Waals surface area contributed by atoms with Crippen LogP contribution in [0, 0.1) is 11.3 Å². The fourth-order valence-electron chi connectivity index (χ4n) is 2.91. The average molecular weight is 370 g/mol. The van der Waals surface area contributed by atoms with E-state index in [1.807, 2.05) is 17.8 Å². The van der Waals surface area contributed by atoms with Gasteiger partial charge in [-0.3, -0.25) is 4.79 Å². The highest BCUT2D eigenvalue weighted by Crippen LogP contribution is 2.27. The molecule has 1 saturated heterocycles. The second kappa shape index (κ2) is 7.54. The minimum absolute atomic E-state index is 0.0379. The molecular weight excluding hydrogens is 352 g/mol. The molecule has 3 rings (SSSR count). The Hall–Kier alpha value is -2.92. The predicted octanol–water partition coefficient (Wildman–Crippen LogP) is 1.91. The maximum absolute atomic E-state index is 13.0. The lowest BCUT2D eigenvalue weighted by Gasteiger charge is -2.27. The standard InChI is InChI=1S/C18H18N4O3S/c1-25-18(24)16-15(20)12(10-19)11-22(16)14-5-3-2-4-13(14)17(23)21-6-8-26-9-7-21/h2-5,11H,6-9,20H2,1H3. The Bertz CT molecular complexity index is 894. The molecule has 0 atom stereocenters. The van der Waals surface area contributed by atoms with E-state index in [1.54, 1.807) is 29.2 Å². The number of carbonyl (C=O) groups is 2. The van der Waals surface area contributed by atoms with Gasteiger partial charge in [0, 0.05) is 30.8 Å². The van der Waals surface area contributed by atoms with Crippen LogP contribution >= 0.6 is 11.8 Å². The Labute approximate surface area is 155 Å². The molecule has 0 unspecified atom stereocenters. The lowest BCUT2D eigenvalue weighted by atomic mass is 10.1. The molecule has 26 heavy (non-hydrogen) atoms. The number of nitrogens with two attached hydrogens (primary N) is 1. The van der Waals surface area contributed by atoms with Crippen LogP contribution < -0.4 is 5.73 Å². The maximum atomic E-state index is 13.0. The Kier molecular flexibility index (Phi) is 5.19. The van der Waals surface area contributed by atoms with Crippen LogP contribution in [0.3, 0.4) is 0 Å². The van der Waals surface area contributed by atoms with Gasteiger partial charge in [-0.05, 0) is 12.1 Å². The molecular formula is C18H18N4O3S. The Morgan fingerprint density at radius 2 is 1.96 bits per heavy atom. The van der Waals surface area contributed by atoms with E-state index in [-0.39, 0.29) is 22.9 Å². The SMILES string of the molecule is COC(=O)c1c(N)c(C#N)cn1-c1ccccc1C(=O)N1CCSCC1. The number of nitriles is 1. The van der Waals surface area contributed by atoms with E-state index in [0.29, 0.717) is 24.3 Å². The lowest BCUT2D eigenvalue weighted by molar-refractivity contribution is 0.0592. The summed E-state index contributed by atoms with van der Waals surface area (Å²) < 4.78 is 6.27. The minimum Gasteiger partial charge on any atom is -0.464 e. The molecule has 1 aliphatic heterocycles. The van der Waals surface area contributed by atoms with Crippen molar-refractivity contribution in [3.8, 4) is 11.8 Å². The number of amides is 1. The number of para-hydroxylation sites is 1. The topological polar surface area (TPSA) is 101 Å². The first-order valence-electron chi connectivity index (χ1n) is 8.04. The fourth-order valence-corrected chi connectivity index (χ4v) is 3.81. The summed E-state index contributed by atoms with van der Waals surface area (Å²) in [5, 5.41) is 9.27. The van der Waals surface area contributed by atoms with Gasteiger partial charge in [0.05, 0.1) is 29.6 Å². The molecule has 0 saturated carbocycles. The van der Waals surface area contributed by atoms with Gasteiger partial charge in [0.15, 0.2) is 5.69 Å². The van der Waals surface area contributed by atoms with Crippen LogP contribution in [0.5, 0.6) is 0 Å². The van der Waals surface area contributed by atoms with E-state index < -0.39 is 5.97 Å². The summed E-state index contributed by atoms with van der Waals surface area (Å²) in [7, 11) is 1.24. The molecule has 1 amide bonds. The molecule has 2 aromatic rings. The summed E-state index contributed by atoms with van der Waals surface area (Å²) in [5.41, 5.74) is 7.13. The highest BCUT2D eigenvalue weighted by atomic mass is 32.2. The van der Waals surface area contributed by atoms with Crippen molar-refractivity contribution in [2.75, 3.05) is 37.4 Å². The number of ether oxygens (including phenoxy) is 1. The number of anilines is 1. The maximum Gasteiger partial charge on any atom is 0.357 e. The van der Waals surface area contributed by atoms with Crippen LogP contribution in [0.2, 0.25) is 0 Å². The minimum atomic E-state index is -0.666. The number of nitrogens with zero attached hydrogens (tertiary/aromatic N) is 3. The first-order chi connectivity index (χ1) is 12.6. The molecule has 1 aliphatic rings. The van der Waals surface area contributed by atoms with Gasteiger partial charge in [-0.1, -0.05) is 12.1 Å². The summed E-state index contributed by atoms with van der Waals surface area (Å²) in [6, 6.07) is 8.93. The predicted molar refractivity (Wildman–Crippen MR) is 99.5 cm³/mol. The largest absolute Gasteiger partial charge is 0.464 e. The Morgan fingerprint density at radius 3 is 2.62 bits per heavy atom. The van der Waals surface area contributed by atoms with Gasteiger partial charge in [-0.15, -0.1) is 0 Å². The molecule has 1 aromatic heterocycles. The second-order valence-corrected chi connectivity index (χ2v) is 6.92. The molecule has 134 valence electrons. The van der Waals surface area contributed by atoms with Crippen molar-refractivity contribution >= 4 is 29.3 Å². The monoisotopic (exact) mass is 370 g/mol. The van der Waals surface area contributed by atoms with Crippen LogP contribution in [-0.4, -0.2) is 53.0 Å². The number of hydrogen-bond donors (Lipinski definition) is 1. The van der Waals surface area contributed by atoms with Gasteiger partial charge in [-0.2, -0.15) is 17.0 Å². The Morgan fingerprint density at radius 1 is 1.27 bits per heavy atom. The zero-order valence-corrected chi connectivity index (χ0v) is 15.1. The van der Waals surface area contributed by atoms with Gasteiger partial charge in [-0.25, -0.2) is 4.79 Å². The van der Waals surface area contributed by atoms with Crippen molar-refractivity contribution in [2.45, 2.75) is 0 Å². The number of hydrogen-bond acceptors (Lipinski definition) is 6. The quantitative estimate of drug-likeness (QED) is 0.828. The van der Waals surface area contributed by atoms with Crippen molar-refractivity contribution in [2.24, 2.45) is 0 Å². The Balaban J connectivity index is 2.13.